The summed E-state index contributed by atoms with van der Waals surface area (Å²) in [6, 6.07) is 63.7. The first kappa shape index (κ1) is 31.9. The van der Waals surface area contributed by atoms with E-state index in [4.69, 9.17) is 19.4 Å². The van der Waals surface area contributed by atoms with Crippen LogP contribution in [0.3, 0.4) is 0 Å². The molecule has 0 N–H and O–H groups in total. The van der Waals surface area contributed by atoms with Gasteiger partial charge < -0.3 is 8.98 Å². The molecule has 12 aromatic rings. The van der Waals surface area contributed by atoms with Gasteiger partial charge >= 0.3 is 0 Å². The fourth-order valence-electron chi connectivity index (χ4n) is 8.39. The topological polar surface area (TPSA) is 56.7 Å². The van der Waals surface area contributed by atoms with E-state index >= 15 is 0 Å². The van der Waals surface area contributed by atoms with Crippen LogP contribution in [0.15, 0.2) is 186 Å². The Bertz CT molecular complexity index is 3510. The molecule has 6 heteroatoms. The number of rotatable bonds is 5. The number of hydrogen-bond donors (Lipinski definition) is 0. The zero-order valence-corrected chi connectivity index (χ0v) is 31.2. The van der Waals surface area contributed by atoms with Gasteiger partial charge in [-0.15, -0.1) is 11.3 Å². The van der Waals surface area contributed by atoms with Gasteiger partial charge in [-0.25, -0.2) is 15.0 Å². The highest BCUT2D eigenvalue weighted by molar-refractivity contribution is 7.25. The highest BCUT2D eigenvalue weighted by atomic mass is 32.1. The fraction of sp³-hybridized carbons (Fsp3) is 0. The minimum atomic E-state index is 0.557. The minimum absolute atomic E-state index is 0.557. The Balaban J connectivity index is 1.09. The van der Waals surface area contributed by atoms with Crippen LogP contribution in [-0.4, -0.2) is 19.5 Å². The molecule has 0 atom stereocenters. The summed E-state index contributed by atoms with van der Waals surface area (Å²) in [6.45, 7) is 0. The fourth-order valence-corrected chi connectivity index (χ4v) is 9.47. The molecule has 5 nitrogen and oxygen atoms in total. The van der Waals surface area contributed by atoms with Crippen molar-refractivity contribution in [3.63, 3.8) is 0 Å². The zero-order valence-electron chi connectivity index (χ0n) is 30.4. The first-order valence-corrected chi connectivity index (χ1v) is 19.8. The Morgan fingerprint density at radius 2 is 0.982 bits per heavy atom. The van der Waals surface area contributed by atoms with Gasteiger partial charge in [0.15, 0.2) is 23.1 Å². The lowest BCUT2D eigenvalue weighted by Gasteiger charge is -2.10. The van der Waals surface area contributed by atoms with E-state index in [1.165, 1.54) is 25.6 Å². The highest BCUT2D eigenvalue weighted by Crippen LogP contribution is 2.43. The number of thiophene rings is 1. The molecule has 0 aliphatic carbocycles. The van der Waals surface area contributed by atoms with Crippen LogP contribution in [0.2, 0.25) is 0 Å². The quantitative estimate of drug-likeness (QED) is 0.176. The largest absolute Gasteiger partial charge is 0.453 e. The van der Waals surface area contributed by atoms with Crippen LogP contribution in [0.4, 0.5) is 0 Å². The lowest BCUT2D eigenvalue weighted by Crippen LogP contribution is -2.00. The van der Waals surface area contributed by atoms with E-state index in [-0.39, 0.29) is 0 Å². The zero-order chi connectivity index (χ0) is 37.5. The number of nitrogens with zero attached hydrogens (tertiary/aromatic N) is 4. The van der Waals surface area contributed by atoms with Gasteiger partial charge in [0, 0.05) is 58.5 Å². The normalized spacial score (nSPS) is 11.9. The van der Waals surface area contributed by atoms with E-state index in [2.05, 4.69) is 180 Å². The molecule has 12 rings (SSSR count). The average molecular weight is 747 g/mol. The van der Waals surface area contributed by atoms with Crippen LogP contribution in [-0.2, 0) is 0 Å². The molecule has 4 heterocycles. The molecule has 8 aromatic carbocycles. The Labute approximate surface area is 330 Å². The number of para-hydroxylation sites is 3. The van der Waals surface area contributed by atoms with Crippen molar-refractivity contribution in [2.45, 2.75) is 0 Å². The maximum absolute atomic E-state index is 7.07. The Hall–Kier alpha value is -7.41. The third kappa shape index (κ3) is 5.04. The summed E-state index contributed by atoms with van der Waals surface area (Å²) in [5.74, 6) is 1.77. The number of fused-ring (bicyclic) bond motifs is 10. The van der Waals surface area contributed by atoms with E-state index in [0.717, 1.165) is 71.9 Å². The third-order valence-corrected chi connectivity index (χ3v) is 12.2. The van der Waals surface area contributed by atoms with Crippen molar-refractivity contribution in [1.82, 2.24) is 19.5 Å². The molecule has 0 aliphatic rings. The van der Waals surface area contributed by atoms with Crippen molar-refractivity contribution in [3.05, 3.63) is 182 Å². The number of furan rings is 1. The maximum Gasteiger partial charge on any atom is 0.167 e. The number of benzene rings is 8. The van der Waals surface area contributed by atoms with E-state index in [0.29, 0.717) is 17.5 Å². The standard InChI is InChI=1S/C51H30N4OS/c1-3-12-31(13-4-1)32-22-24-33(25-23-32)49-52-50(34-26-29-45-42(30-34)37-17-8-10-21-44(37)57-45)54-51(53-49)41-19-11-18-39-40-28-27-38-36-16-7-9-20-43(36)55(35-14-5-2-6-15-35)46(38)48(40)56-47(39)41/h1-30H. The van der Waals surface area contributed by atoms with Crippen molar-refractivity contribution in [1.29, 1.82) is 0 Å². The van der Waals surface area contributed by atoms with Crippen molar-refractivity contribution in [2.75, 3.05) is 0 Å². The lowest BCUT2D eigenvalue weighted by molar-refractivity contribution is 0.671. The smallest absolute Gasteiger partial charge is 0.167 e. The van der Waals surface area contributed by atoms with Crippen molar-refractivity contribution in [3.8, 4) is 51.0 Å². The van der Waals surface area contributed by atoms with E-state index in [9.17, 15) is 0 Å². The summed E-state index contributed by atoms with van der Waals surface area (Å²) in [4.78, 5) is 15.6. The van der Waals surface area contributed by atoms with E-state index in [1.54, 1.807) is 11.3 Å². The van der Waals surface area contributed by atoms with Crippen LogP contribution in [0.25, 0.3) is 115 Å². The second kappa shape index (κ2) is 12.6. The third-order valence-electron chi connectivity index (χ3n) is 11.1. The summed E-state index contributed by atoms with van der Waals surface area (Å²) in [6.07, 6.45) is 0. The van der Waals surface area contributed by atoms with Gasteiger partial charge in [0.1, 0.15) is 5.58 Å². The van der Waals surface area contributed by atoms with Crippen LogP contribution < -0.4 is 0 Å². The first-order chi connectivity index (χ1) is 28.2. The molecule has 0 radical (unpaired) electrons. The summed E-state index contributed by atoms with van der Waals surface area (Å²) in [7, 11) is 0. The molecule has 57 heavy (non-hydrogen) atoms. The molecule has 0 aliphatic heterocycles. The molecule has 0 saturated carbocycles. The van der Waals surface area contributed by atoms with Crippen molar-refractivity contribution < 1.29 is 4.42 Å². The highest BCUT2D eigenvalue weighted by Gasteiger charge is 2.22. The van der Waals surface area contributed by atoms with Crippen LogP contribution in [0.1, 0.15) is 0 Å². The molecule has 0 fully saturated rings. The molecule has 266 valence electrons. The van der Waals surface area contributed by atoms with Gasteiger partial charge in [-0.2, -0.15) is 0 Å². The molecule has 0 saturated heterocycles. The summed E-state index contributed by atoms with van der Waals surface area (Å²) < 4.78 is 11.9. The molecular formula is C51H30N4OS. The maximum atomic E-state index is 7.07. The second-order valence-corrected chi connectivity index (χ2v) is 15.5. The lowest BCUT2D eigenvalue weighted by atomic mass is 10.0. The van der Waals surface area contributed by atoms with Crippen molar-refractivity contribution in [2.24, 2.45) is 0 Å². The summed E-state index contributed by atoms with van der Waals surface area (Å²) >= 11 is 1.80. The molecular weight excluding hydrogens is 717 g/mol. The van der Waals surface area contributed by atoms with Crippen LogP contribution in [0, 0.1) is 0 Å². The predicted molar refractivity (Wildman–Crippen MR) is 236 cm³/mol. The van der Waals surface area contributed by atoms with Gasteiger partial charge in [0.05, 0.1) is 16.6 Å². The van der Waals surface area contributed by atoms with Gasteiger partial charge in [-0.05, 0) is 65.7 Å². The van der Waals surface area contributed by atoms with Gasteiger partial charge in [-0.3, -0.25) is 0 Å². The van der Waals surface area contributed by atoms with Gasteiger partial charge in [0.2, 0.25) is 0 Å². The van der Waals surface area contributed by atoms with Gasteiger partial charge in [-0.1, -0.05) is 127 Å². The molecule has 4 aromatic heterocycles. The Morgan fingerprint density at radius 1 is 0.386 bits per heavy atom. The molecule has 0 bridgehead atoms. The van der Waals surface area contributed by atoms with Crippen molar-refractivity contribution >= 4 is 75.3 Å². The summed E-state index contributed by atoms with van der Waals surface area (Å²) in [5, 5.41) is 6.80. The van der Waals surface area contributed by atoms with E-state index < -0.39 is 0 Å². The van der Waals surface area contributed by atoms with Crippen LogP contribution in [0.5, 0.6) is 0 Å². The van der Waals surface area contributed by atoms with E-state index in [1.807, 2.05) is 6.07 Å². The SMILES string of the molecule is c1ccc(-c2ccc(-c3nc(-c4ccc5sc6ccccc6c5c4)nc(-c4cccc5c4oc4c5ccc5c6ccccc6n(-c6ccccc6)c54)n3)cc2)cc1. The average Bonchev–Trinajstić information content (AvgIpc) is 3.96. The predicted octanol–water partition coefficient (Wildman–Crippen LogP) is 13.9. The first-order valence-electron chi connectivity index (χ1n) is 19.0. The summed E-state index contributed by atoms with van der Waals surface area (Å²) in [5.41, 5.74) is 9.77. The van der Waals surface area contributed by atoms with Gasteiger partial charge in [0.25, 0.3) is 0 Å². The molecule has 0 amide bonds. The molecule has 0 spiro atoms. The number of aromatic nitrogens is 4. The number of hydrogen-bond acceptors (Lipinski definition) is 5. The minimum Gasteiger partial charge on any atom is -0.453 e. The second-order valence-electron chi connectivity index (χ2n) is 14.4. The van der Waals surface area contributed by atoms with Crippen LogP contribution >= 0.6 is 11.3 Å². The Kier molecular flexibility index (Phi) is 7.03. The monoisotopic (exact) mass is 746 g/mol. The Morgan fingerprint density at radius 3 is 1.82 bits per heavy atom. The molecule has 0 unspecified atom stereocenters.